The quantitative estimate of drug-likeness (QED) is 0.229. The van der Waals surface area contributed by atoms with Crippen molar-refractivity contribution in [3.8, 4) is 22.5 Å². The van der Waals surface area contributed by atoms with Gasteiger partial charge in [0.25, 0.3) is 0 Å². The zero-order valence-corrected chi connectivity index (χ0v) is 19.5. The van der Waals surface area contributed by atoms with Gasteiger partial charge in [-0.05, 0) is 53.5 Å². The van der Waals surface area contributed by atoms with E-state index in [1.807, 2.05) is 0 Å². The Balaban J connectivity index is 1.69. The molecule has 0 amide bonds. The summed E-state index contributed by atoms with van der Waals surface area (Å²) in [5, 5.41) is -0.928. The SMILES string of the molecule is [2H]c1ccc(-c2cccc(-n3c4c([2H])c([2H])c([2H])c([2H])c4c4c(-n5c6c([2H])c([2H])c([2H])c([2H])c6c6c([2H])c([2H])c([2H])c([2H])c65)c([2H])c([2H])c([2H])c43)c2)cc1. The largest absolute Gasteiger partial charge is 0.309 e. The number of nitrogens with zero attached hydrogens (tertiary/aromatic N) is 2. The highest BCUT2D eigenvalue weighted by Crippen LogP contribution is 2.40. The molecule has 0 fully saturated rings. The summed E-state index contributed by atoms with van der Waals surface area (Å²) in [6, 6.07) is 4.15. The third-order valence-electron chi connectivity index (χ3n) is 6.61. The summed E-state index contributed by atoms with van der Waals surface area (Å²) < 4.78 is 143. The molecule has 0 bridgehead atoms. The molecule has 0 unspecified atom stereocenters. The number of benzene rings is 6. The zero-order valence-electron chi connectivity index (χ0n) is 35.5. The second-order valence-electron chi connectivity index (χ2n) is 8.63. The first-order valence-corrected chi connectivity index (χ1v) is 11.7. The fourth-order valence-electron chi connectivity index (χ4n) is 5.03. The Labute approximate surface area is 243 Å². The number of aromatic nitrogens is 2. The number of para-hydroxylation sites is 3. The summed E-state index contributed by atoms with van der Waals surface area (Å²) in [5.41, 5.74) is 0.306. The molecule has 8 aromatic rings. The minimum absolute atomic E-state index is 0.126. The van der Waals surface area contributed by atoms with Crippen LogP contribution in [-0.2, 0) is 0 Å². The molecule has 8 rings (SSSR count). The Morgan fingerprint density at radius 2 is 1.03 bits per heavy atom. The van der Waals surface area contributed by atoms with Crippen LogP contribution in [0.2, 0.25) is 0 Å². The lowest BCUT2D eigenvalue weighted by atomic mass is 10.1. The van der Waals surface area contributed by atoms with Gasteiger partial charge in [-0.3, -0.25) is 0 Å². The van der Waals surface area contributed by atoms with E-state index in [1.165, 1.54) is 4.57 Å². The minimum Gasteiger partial charge on any atom is -0.309 e. The van der Waals surface area contributed by atoms with Gasteiger partial charge in [0.1, 0.15) is 0 Å². The molecule has 0 radical (unpaired) electrons. The van der Waals surface area contributed by atoms with Gasteiger partial charge in [-0.15, -0.1) is 0 Å². The van der Waals surface area contributed by atoms with E-state index < -0.39 is 90.6 Å². The Hall–Kier alpha value is -5.08. The van der Waals surface area contributed by atoms with Crippen LogP contribution >= 0.6 is 0 Å². The van der Waals surface area contributed by atoms with Crippen LogP contribution in [-0.4, -0.2) is 9.13 Å². The van der Waals surface area contributed by atoms with E-state index in [1.54, 1.807) is 48.5 Å². The molecular formula is C36H24N2. The van der Waals surface area contributed by atoms with Crippen LogP contribution in [0.3, 0.4) is 0 Å². The highest BCUT2D eigenvalue weighted by atomic mass is 15.0. The van der Waals surface area contributed by atoms with Crippen molar-refractivity contribution in [1.82, 2.24) is 9.13 Å². The molecule has 2 nitrogen and oxygen atoms in total. The summed E-state index contributed by atoms with van der Waals surface area (Å²) in [4.78, 5) is 0. The van der Waals surface area contributed by atoms with Gasteiger partial charge >= 0.3 is 0 Å². The molecule has 2 heteroatoms. The van der Waals surface area contributed by atoms with Crippen molar-refractivity contribution < 1.29 is 21.9 Å². The van der Waals surface area contributed by atoms with Gasteiger partial charge in [0.05, 0.1) is 49.7 Å². The number of hydrogen-bond acceptors (Lipinski definition) is 0. The van der Waals surface area contributed by atoms with Crippen LogP contribution in [0.4, 0.5) is 0 Å². The third kappa shape index (κ3) is 3.01. The van der Waals surface area contributed by atoms with Gasteiger partial charge in [0.2, 0.25) is 0 Å². The smallest absolute Gasteiger partial charge is 0.0645 e. The van der Waals surface area contributed by atoms with Gasteiger partial charge in [-0.25, -0.2) is 0 Å². The van der Waals surface area contributed by atoms with Crippen molar-refractivity contribution in [2.45, 2.75) is 0 Å². The van der Waals surface area contributed by atoms with E-state index >= 15 is 0 Å². The van der Waals surface area contributed by atoms with E-state index in [4.69, 9.17) is 19.2 Å². The molecule has 0 aliphatic carbocycles. The first kappa shape index (κ1) is 10.7. The molecular weight excluding hydrogens is 460 g/mol. The maximum Gasteiger partial charge on any atom is 0.0645 e. The summed E-state index contributed by atoms with van der Waals surface area (Å²) in [5.74, 6) is 0. The molecule has 0 saturated carbocycles. The number of fused-ring (bicyclic) bond motifs is 6. The van der Waals surface area contributed by atoms with Crippen molar-refractivity contribution >= 4 is 43.6 Å². The first-order chi connectivity index (χ1) is 25.5. The fraction of sp³-hybridized carbons (Fsp3) is 0. The predicted octanol–water partition coefficient (Wildman–Crippen LogP) is 9.55. The standard InChI is InChI=1S/C36H24N2/c1-2-12-25(13-3-1)26-14-10-15-27(24-26)37-33-21-9-6-18-30(33)36-34(37)22-11-23-35(36)38-31-19-7-4-16-28(31)29-17-5-8-20-32(29)38/h1-24H/i1D,4D,5D,6D,7D,8D,9D,11D,16D,17D,18D,19D,20D,21D,22D,23D. The molecule has 2 heterocycles. The maximum atomic E-state index is 9.33. The molecule has 0 saturated heterocycles. The number of hydrogen-bond donors (Lipinski definition) is 0. The van der Waals surface area contributed by atoms with E-state index in [2.05, 4.69) is 0 Å². The normalized spacial score (nSPS) is 17.6. The molecule has 178 valence electrons. The van der Waals surface area contributed by atoms with Crippen molar-refractivity contribution in [3.05, 3.63) is 145 Å². The number of rotatable bonds is 3. The Morgan fingerprint density at radius 1 is 0.447 bits per heavy atom. The van der Waals surface area contributed by atoms with Crippen LogP contribution in [0, 0.1) is 0 Å². The molecule has 6 aromatic carbocycles. The fourth-order valence-corrected chi connectivity index (χ4v) is 5.03. The van der Waals surface area contributed by atoms with Gasteiger partial charge < -0.3 is 9.13 Å². The van der Waals surface area contributed by atoms with E-state index in [-0.39, 0.29) is 55.3 Å². The van der Waals surface area contributed by atoms with Crippen LogP contribution in [0.15, 0.2) is 145 Å². The highest BCUT2D eigenvalue weighted by Gasteiger charge is 2.19. The van der Waals surface area contributed by atoms with Gasteiger partial charge in [-0.2, -0.15) is 0 Å². The average Bonchev–Trinajstić information content (AvgIpc) is 3.71. The Bertz CT molecular complexity index is 2920. The molecule has 0 spiro atoms. The van der Waals surface area contributed by atoms with Crippen molar-refractivity contribution in [3.63, 3.8) is 0 Å². The molecule has 0 aliphatic rings. The Morgan fingerprint density at radius 3 is 1.74 bits per heavy atom. The topological polar surface area (TPSA) is 9.86 Å². The molecule has 0 atom stereocenters. The monoisotopic (exact) mass is 500 g/mol. The third-order valence-corrected chi connectivity index (χ3v) is 6.61. The summed E-state index contributed by atoms with van der Waals surface area (Å²) in [6.07, 6.45) is 0. The lowest BCUT2D eigenvalue weighted by molar-refractivity contribution is 1.17. The highest BCUT2D eigenvalue weighted by molar-refractivity contribution is 6.16. The van der Waals surface area contributed by atoms with E-state index in [9.17, 15) is 2.74 Å². The molecule has 38 heavy (non-hydrogen) atoms. The van der Waals surface area contributed by atoms with Crippen LogP contribution < -0.4 is 0 Å². The lowest BCUT2D eigenvalue weighted by Crippen LogP contribution is -1.96. The summed E-state index contributed by atoms with van der Waals surface area (Å²) >= 11 is 0. The van der Waals surface area contributed by atoms with Crippen LogP contribution in [0.1, 0.15) is 21.9 Å². The maximum absolute atomic E-state index is 9.33. The zero-order chi connectivity index (χ0) is 39.0. The average molecular weight is 501 g/mol. The first-order valence-electron chi connectivity index (χ1n) is 19.7. The molecule has 2 aromatic heterocycles. The van der Waals surface area contributed by atoms with Gasteiger partial charge in [-0.1, -0.05) is 103 Å². The minimum atomic E-state index is -0.711. The predicted molar refractivity (Wildman–Crippen MR) is 161 cm³/mol. The second-order valence-corrected chi connectivity index (χ2v) is 8.63. The van der Waals surface area contributed by atoms with Crippen molar-refractivity contribution in [1.29, 1.82) is 0 Å². The summed E-state index contributed by atoms with van der Waals surface area (Å²) in [6.45, 7) is 0. The van der Waals surface area contributed by atoms with Crippen molar-refractivity contribution in [2.24, 2.45) is 0 Å². The van der Waals surface area contributed by atoms with E-state index in [0.29, 0.717) is 16.8 Å². The van der Waals surface area contributed by atoms with Crippen LogP contribution in [0.25, 0.3) is 66.1 Å². The van der Waals surface area contributed by atoms with Gasteiger partial charge in [0, 0.05) is 27.2 Å². The van der Waals surface area contributed by atoms with E-state index in [0.717, 1.165) is 4.57 Å². The van der Waals surface area contributed by atoms with Crippen LogP contribution in [0.5, 0.6) is 0 Å². The molecule has 0 N–H and O–H groups in total. The summed E-state index contributed by atoms with van der Waals surface area (Å²) in [7, 11) is 0. The lowest BCUT2D eigenvalue weighted by Gasteiger charge is -2.12. The second kappa shape index (κ2) is 8.22. The van der Waals surface area contributed by atoms with Gasteiger partial charge in [0.15, 0.2) is 0 Å². The van der Waals surface area contributed by atoms with Crippen molar-refractivity contribution in [2.75, 3.05) is 0 Å². The Kier molecular flexibility index (Phi) is 2.32. The molecule has 0 aliphatic heterocycles.